The highest BCUT2D eigenvalue weighted by atomic mass is 79.9. The molecule has 1 aliphatic heterocycles. The van der Waals surface area contributed by atoms with Gasteiger partial charge in [0.25, 0.3) is 11.8 Å². The number of rotatable bonds is 10. The number of urea groups is 1. The van der Waals surface area contributed by atoms with Gasteiger partial charge in [-0.2, -0.15) is 0 Å². The molecule has 1 aliphatic rings. The van der Waals surface area contributed by atoms with E-state index < -0.39 is 18.0 Å². The Morgan fingerprint density at radius 1 is 0.868 bits per heavy atom. The van der Waals surface area contributed by atoms with E-state index in [2.05, 4.69) is 21.2 Å². The van der Waals surface area contributed by atoms with Crippen molar-refractivity contribution < 1.29 is 24.4 Å². The summed E-state index contributed by atoms with van der Waals surface area (Å²) < 4.78 is 0.905. The first kappa shape index (κ1) is 27.0. The number of carbonyl (C=O) groups is 4. The Bertz CT molecular complexity index is 1320. The number of nitrogens with zero attached hydrogens (tertiary/aromatic N) is 2. The van der Waals surface area contributed by atoms with Crippen molar-refractivity contribution in [1.29, 1.82) is 0 Å². The Morgan fingerprint density at radius 3 is 2.24 bits per heavy atom. The van der Waals surface area contributed by atoms with Crippen LogP contribution in [0.3, 0.4) is 0 Å². The van der Waals surface area contributed by atoms with E-state index in [1.54, 1.807) is 23.7 Å². The van der Waals surface area contributed by atoms with Crippen molar-refractivity contribution in [2.24, 2.45) is 0 Å². The number of amides is 5. The van der Waals surface area contributed by atoms with Crippen molar-refractivity contribution in [3.63, 3.8) is 0 Å². The molecular formula is C28H27BrN4O5. The zero-order chi connectivity index (χ0) is 27.1. The predicted molar refractivity (Wildman–Crippen MR) is 143 cm³/mol. The maximum Gasteiger partial charge on any atom is 0.328 e. The molecule has 1 atom stereocenters. The van der Waals surface area contributed by atoms with Crippen LogP contribution in [0.4, 0.5) is 4.79 Å². The fourth-order valence-electron chi connectivity index (χ4n) is 4.36. The van der Waals surface area contributed by atoms with Crippen LogP contribution in [0.1, 0.15) is 39.9 Å². The molecule has 3 N–H and O–H groups in total. The van der Waals surface area contributed by atoms with Gasteiger partial charge in [-0.1, -0.05) is 76.6 Å². The van der Waals surface area contributed by atoms with E-state index in [1.165, 1.54) is 15.9 Å². The third-order valence-electron chi connectivity index (χ3n) is 6.34. The molecule has 0 aliphatic carbocycles. The van der Waals surface area contributed by atoms with Gasteiger partial charge in [-0.15, -0.1) is 0 Å². The normalized spacial score (nSPS) is 15.1. The Morgan fingerprint density at radius 2 is 1.53 bits per heavy atom. The van der Waals surface area contributed by atoms with Gasteiger partial charge < -0.3 is 10.2 Å². The summed E-state index contributed by atoms with van der Waals surface area (Å²) in [5, 5.41) is 11.7. The molecule has 1 fully saturated rings. The molecule has 0 saturated carbocycles. The third kappa shape index (κ3) is 6.45. The minimum atomic E-state index is -0.784. The second kappa shape index (κ2) is 12.5. The lowest BCUT2D eigenvalue weighted by atomic mass is 10.1. The molecular weight excluding hydrogens is 552 g/mol. The van der Waals surface area contributed by atoms with Gasteiger partial charge in [-0.05, 0) is 41.3 Å². The van der Waals surface area contributed by atoms with Crippen LogP contribution in [0.25, 0.3) is 0 Å². The van der Waals surface area contributed by atoms with Crippen molar-refractivity contribution in [2.75, 3.05) is 0 Å². The van der Waals surface area contributed by atoms with Gasteiger partial charge >= 0.3 is 6.03 Å². The van der Waals surface area contributed by atoms with E-state index in [9.17, 15) is 19.2 Å². The summed E-state index contributed by atoms with van der Waals surface area (Å²) in [6.07, 6.45) is 0.158. The molecule has 196 valence electrons. The molecule has 3 aromatic rings. The molecule has 10 heteroatoms. The van der Waals surface area contributed by atoms with Crippen molar-refractivity contribution in [3.05, 3.63) is 106 Å². The number of hydroxylamine groups is 1. The van der Waals surface area contributed by atoms with E-state index in [1.807, 2.05) is 54.6 Å². The van der Waals surface area contributed by atoms with Gasteiger partial charge in [0.15, 0.2) is 0 Å². The molecule has 0 spiro atoms. The van der Waals surface area contributed by atoms with Gasteiger partial charge in [0.1, 0.15) is 6.04 Å². The fraction of sp³-hybridized carbons (Fsp3) is 0.214. The molecule has 5 amide bonds. The van der Waals surface area contributed by atoms with Crippen molar-refractivity contribution in [2.45, 2.75) is 38.5 Å². The molecule has 0 radical (unpaired) electrons. The first-order valence-corrected chi connectivity index (χ1v) is 12.9. The molecule has 1 saturated heterocycles. The van der Waals surface area contributed by atoms with Gasteiger partial charge in [0, 0.05) is 29.5 Å². The number of hydrogen-bond donors (Lipinski definition) is 3. The summed E-state index contributed by atoms with van der Waals surface area (Å²) in [4.78, 5) is 54.0. The first-order chi connectivity index (χ1) is 18.4. The minimum Gasteiger partial charge on any atom is -0.352 e. The molecule has 0 bridgehead atoms. The molecule has 1 heterocycles. The Hall–Kier alpha value is -4.02. The summed E-state index contributed by atoms with van der Waals surface area (Å²) in [6.45, 7) is 0.462. The highest BCUT2D eigenvalue weighted by Crippen LogP contribution is 2.26. The average Bonchev–Trinajstić information content (AvgIpc) is 3.15. The van der Waals surface area contributed by atoms with Crippen LogP contribution in [0.2, 0.25) is 0 Å². The second-order valence-corrected chi connectivity index (χ2v) is 9.79. The van der Waals surface area contributed by atoms with Crippen LogP contribution in [0, 0.1) is 0 Å². The van der Waals surface area contributed by atoms with Crippen molar-refractivity contribution in [1.82, 2.24) is 20.6 Å². The second-order valence-electron chi connectivity index (χ2n) is 8.88. The predicted octanol–water partition coefficient (Wildman–Crippen LogP) is 4.00. The number of halogens is 1. The fourth-order valence-corrected chi connectivity index (χ4v) is 4.62. The smallest absolute Gasteiger partial charge is 0.328 e. The van der Waals surface area contributed by atoms with E-state index >= 15 is 0 Å². The summed E-state index contributed by atoms with van der Waals surface area (Å²) in [6, 6.07) is 22.2. The summed E-state index contributed by atoms with van der Waals surface area (Å²) in [5.74, 6) is -1.34. The highest BCUT2D eigenvalue weighted by Gasteiger charge is 2.44. The molecule has 9 nitrogen and oxygen atoms in total. The molecule has 0 aromatic heterocycles. The lowest BCUT2D eigenvalue weighted by molar-refractivity contribution is -0.129. The Balaban J connectivity index is 1.45. The number of imide groups is 1. The number of nitrogens with one attached hydrogen (secondary N) is 2. The summed E-state index contributed by atoms with van der Waals surface area (Å²) >= 11 is 3.40. The average molecular weight is 579 g/mol. The summed E-state index contributed by atoms with van der Waals surface area (Å²) in [7, 11) is 0. The van der Waals surface area contributed by atoms with Crippen LogP contribution >= 0.6 is 15.9 Å². The zero-order valence-corrected chi connectivity index (χ0v) is 22.1. The van der Waals surface area contributed by atoms with E-state index in [-0.39, 0.29) is 49.9 Å². The van der Waals surface area contributed by atoms with E-state index in [4.69, 9.17) is 5.21 Å². The quantitative estimate of drug-likeness (QED) is 0.191. The minimum absolute atomic E-state index is 0.00800. The molecule has 3 aromatic carbocycles. The Labute approximate surface area is 228 Å². The van der Waals surface area contributed by atoms with Crippen LogP contribution < -0.4 is 10.8 Å². The van der Waals surface area contributed by atoms with Crippen molar-refractivity contribution >= 4 is 39.7 Å². The third-order valence-corrected chi connectivity index (χ3v) is 6.87. The SMILES string of the molecule is O=C(CCC1C(=O)N(Cc2ccccc2)C(=O)N1Cc1ccc(Br)cc1)NCc1ccccc1C(=O)NO. The lowest BCUT2D eigenvalue weighted by Crippen LogP contribution is -2.36. The molecule has 38 heavy (non-hydrogen) atoms. The van der Waals surface area contributed by atoms with Gasteiger partial charge in [0.05, 0.1) is 6.54 Å². The van der Waals surface area contributed by atoms with E-state index in [0.29, 0.717) is 5.56 Å². The maximum atomic E-state index is 13.4. The first-order valence-electron chi connectivity index (χ1n) is 12.1. The Kier molecular flexibility index (Phi) is 8.88. The van der Waals surface area contributed by atoms with Gasteiger partial charge in [0.2, 0.25) is 5.91 Å². The van der Waals surface area contributed by atoms with E-state index in [0.717, 1.165) is 15.6 Å². The van der Waals surface area contributed by atoms with Gasteiger partial charge in [-0.3, -0.25) is 24.5 Å². The maximum absolute atomic E-state index is 13.4. The van der Waals surface area contributed by atoms with Crippen LogP contribution in [-0.2, 0) is 29.2 Å². The molecule has 4 rings (SSSR count). The van der Waals surface area contributed by atoms with Crippen molar-refractivity contribution in [3.8, 4) is 0 Å². The topological polar surface area (TPSA) is 119 Å². The lowest BCUT2D eigenvalue weighted by Gasteiger charge is -2.22. The number of hydrogen-bond acceptors (Lipinski definition) is 5. The van der Waals surface area contributed by atoms with Crippen LogP contribution in [0.15, 0.2) is 83.3 Å². The monoisotopic (exact) mass is 578 g/mol. The zero-order valence-electron chi connectivity index (χ0n) is 20.5. The highest BCUT2D eigenvalue weighted by molar-refractivity contribution is 9.10. The largest absolute Gasteiger partial charge is 0.352 e. The standard InChI is InChI=1S/C28H27BrN4O5/c29-22-12-10-20(11-13-22)17-32-24(27(36)33(28(32)37)18-19-6-2-1-3-7-19)14-15-25(34)30-16-21-8-4-5-9-23(21)26(35)31-38/h1-13,24,38H,14-18H2,(H,30,34)(H,31,35). The number of carbonyl (C=O) groups excluding carboxylic acids is 4. The molecule has 1 unspecified atom stereocenters. The van der Waals surface area contributed by atoms with Crippen LogP contribution in [-0.4, -0.2) is 44.8 Å². The van der Waals surface area contributed by atoms with Crippen LogP contribution in [0.5, 0.6) is 0 Å². The van der Waals surface area contributed by atoms with Gasteiger partial charge in [-0.25, -0.2) is 10.3 Å². The summed E-state index contributed by atoms with van der Waals surface area (Å²) in [5.41, 5.74) is 4.07. The number of benzene rings is 3.